The molecule has 1 saturated carbocycles. The molecule has 3 rings (SSSR count). The Bertz CT molecular complexity index is 432. The van der Waals surface area contributed by atoms with Crippen LogP contribution < -0.4 is 0 Å². The quantitative estimate of drug-likeness (QED) is 0.811. The van der Waals surface area contributed by atoms with E-state index in [1.165, 1.54) is 6.42 Å². The molecule has 1 aliphatic heterocycles. The third kappa shape index (κ3) is 1.49. The second kappa shape index (κ2) is 3.82. The van der Waals surface area contributed by atoms with Crippen molar-refractivity contribution >= 4 is 0 Å². The molecule has 0 spiro atoms. The van der Waals surface area contributed by atoms with Crippen LogP contribution in [0.25, 0.3) is 0 Å². The second-order valence-corrected chi connectivity index (χ2v) is 6.25. The number of epoxide rings is 1. The molecule has 1 saturated heterocycles. The molecular weight excluding hydrogens is 224 g/mol. The van der Waals surface area contributed by atoms with Gasteiger partial charge in [0.2, 0.25) is 0 Å². The molecule has 0 amide bonds. The van der Waals surface area contributed by atoms with E-state index in [0.717, 1.165) is 31.2 Å². The SMILES string of the molecule is CC1(C)O[C@]1(c1ccccc1)C1(O)CCCCC1. The zero-order valence-electron chi connectivity index (χ0n) is 11.3. The summed E-state index contributed by atoms with van der Waals surface area (Å²) in [4.78, 5) is 0. The predicted octanol–water partition coefficient (Wildman–Crippen LogP) is 3.39. The topological polar surface area (TPSA) is 32.8 Å². The lowest BCUT2D eigenvalue weighted by molar-refractivity contribution is -0.0689. The Kier molecular flexibility index (Phi) is 2.58. The van der Waals surface area contributed by atoms with Gasteiger partial charge in [-0.2, -0.15) is 0 Å². The molecule has 2 heteroatoms. The fourth-order valence-electron chi connectivity index (χ4n) is 3.85. The number of benzene rings is 1. The largest absolute Gasteiger partial charge is 0.386 e. The molecular formula is C16H22O2. The van der Waals surface area contributed by atoms with Gasteiger partial charge >= 0.3 is 0 Å². The Labute approximate surface area is 109 Å². The minimum atomic E-state index is -0.698. The third-order valence-electron chi connectivity index (χ3n) is 4.73. The van der Waals surface area contributed by atoms with Gasteiger partial charge in [-0.25, -0.2) is 0 Å². The lowest BCUT2D eigenvalue weighted by atomic mass is 9.68. The second-order valence-electron chi connectivity index (χ2n) is 6.25. The van der Waals surface area contributed by atoms with Crippen molar-refractivity contribution in [2.75, 3.05) is 0 Å². The van der Waals surface area contributed by atoms with Gasteiger partial charge in [-0.3, -0.25) is 0 Å². The first kappa shape index (κ1) is 12.2. The van der Waals surface area contributed by atoms with Crippen molar-refractivity contribution in [1.29, 1.82) is 0 Å². The van der Waals surface area contributed by atoms with E-state index < -0.39 is 11.2 Å². The smallest absolute Gasteiger partial charge is 0.151 e. The molecule has 0 unspecified atom stereocenters. The highest BCUT2D eigenvalue weighted by atomic mass is 16.6. The summed E-state index contributed by atoms with van der Waals surface area (Å²) in [7, 11) is 0. The van der Waals surface area contributed by atoms with Crippen LogP contribution in [0.1, 0.15) is 51.5 Å². The Morgan fingerprint density at radius 1 is 1.00 bits per heavy atom. The molecule has 1 N–H and O–H groups in total. The van der Waals surface area contributed by atoms with Crippen LogP contribution in [0.15, 0.2) is 30.3 Å². The maximum Gasteiger partial charge on any atom is 0.151 e. The molecule has 1 aromatic rings. The first-order chi connectivity index (χ1) is 8.52. The predicted molar refractivity (Wildman–Crippen MR) is 71.3 cm³/mol. The van der Waals surface area contributed by atoms with Gasteiger partial charge in [0, 0.05) is 0 Å². The molecule has 18 heavy (non-hydrogen) atoms. The molecule has 1 aliphatic carbocycles. The van der Waals surface area contributed by atoms with Crippen LogP contribution in [0, 0.1) is 0 Å². The summed E-state index contributed by atoms with van der Waals surface area (Å²) >= 11 is 0. The zero-order chi connectivity index (χ0) is 12.9. The van der Waals surface area contributed by atoms with E-state index in [4.69, 9.17) is 4.74 Å². The number of aliphatic hydroxyl groups is 1. The van der Waals surface area contributed by atoms with Crippen molar-refractivity contribution in [1.82, 2.24) is 0 Å². The van der Waals surface area contributed by atoms with Crippen molar-refractivity contribution in [2.24, 2.45) is 0 Å². The Morgan fingerprint density at radius 3 is 2.06 bits per heavy atom. The Hall–Kier alpha value is -0.860. The average Bonchev–Trinajstić information content (AvgIpc) is 2.97. The van der Waals surface area contributed by atoms with Crippen LogP contribution in [-0.4, -0.2) is 16.3 Å². The fourth-order valence-corrected chi connectivity index (χ4v) is 3.85. The van der Waals surface area contributed by atoms with Gasteiger partial charge in [-0.1, -0.05) is 49.6 Å². The van der Waals surface area contributed by atoms with E-state index in [1.807, 2.05) is 18.2 Å². The first-order valence-electron chi connectivity index (χ1n) is 7.00. The lowest BCUT2D eigenvalue weighted by Gasteiger charge is -2.39. The van der Waals surface area contributed by atoms with Gasteiger partial charge in [-0.15, -0.1) is 0 Å². The zero-order valence-corrected chi connectivity index (χ0v) is 11.3. The monoisotopic (exact) mass is 246 g/mol. The normalized spacial score (nSPS) is 33.1. The fraction of sp³-hybridized carbons (Fsp3) is 0.625. The van der Waals surface area contributed by atoms with Crippen molar-refractivity contribution in [3.63, 3.8) is 0 Å². The van der Waals surface area contributed by atoms with Gasteiger partial charge in [0.1, 0.15) is 11.2 Å². The summed E-state index contributed by atoms with van der Waals surface area (Å²) in [5, 5.41) is 11.1. The summed E-state index contributed by atoms with van der Waals surface area (Å²) in [6.45, 7) is 4.18. The van der Waals surface area contributed by atoms with E-state index in [9.17, 15) is 5.11 Å². The van der Waals surface area contributed by atoms with Crippen LogP contribution >= 0.6 is 0 Å². The van der Waals surface area contributed by atoms with Crippen molar-refractivity contribution in [2.45, 2.75) is 62.8 Å². The van der Waals surface area contributed by atoms with Crippen LogP contribution in [-0.2, 0) is 10.3 Å². The summed E-state index contributed by atoms with van der Waals surface area (Å²) in [5.41, 5.74) is -0.336. The van der Waals surface area contributed by atoms with Crippen molar-refractivity contribution in [3.05, 3.63) is 35.9 Å². The Balaban J connectivity index is 2.04. The van der Waals surface area contributed by atoms with Crippen LogP contribution in [0.2, 0.25) is 0 Å². The highest BCUT2D eigenvalue weighted by Gasteiger charge is 2.74. The standard InChI is InChI=1S/C16H22O2/c1-14(2)16(18-14,13-9-5-3-6-10-13)15(17)11-7-4-8-12-15/h3,5-6,9-10,17H,4,7-8,11-12H2,1-2H3/t16-/m0/s1. The van der Waals surface area contributed by atoms with Gasteiger partial charge in [0.25, 0.3) is 0 Å². The molecule has 2 nitrogen and oxygen atoms in total. The van der Waals surface area contributed by atoms with E-state index in [0.29, 0.717) is 0 Å². The van der Waals surface area contributed by atoms with Gasteiger partial charge in [0.05, 0.1) is 0 Å². The van der Waals surface area contributed by atoms with Gasteiger partial charge in [0.15, 0.2) is 5.60 Å². The maximum absolute atomic E-state index is 11.1. The summed E-state index contributed by atoms with van der Waals surface area (Å²) in [6.07, 6.45) is 5.14. The van der Waals surface area contributed by atoms with E-state index in [2.05, 4.69) is 26.0 Å². The highest BCUT2D eigenvalue weighted by Crippen LogP contribution is 2.64. The van der Waals surface area contributed by atoms with E-state index in [-0.39, 0.29) is 5.60 Å². The summed E-state index contributed by atoms with van der Waals surface area (Å²) in [5.74, 6) is 0. The molecule has 2 fully saturated rings. The van der Waals surface area contributed by atoms with Crippen LogP contribution in [0.4, 0.5) is 0 Å². The highest BCUT2D eigenvalue weighted by molar-refractivity contribution is 5.37. The molecule has 98 valence electrons. The lowest BCUT2D eigenvalue weighted by Crippen LogP contribution is -2.48. The molecule has 1 heterocycles. The van der Waals surface area contributed by atoms with Crippen LogP contribution in [0.5, 0.6) is 0 Å². The van der Waals surface area contributed by atoms with Crippen LogP contribution in [0.3, 0.4) is 0 Å². The van der Waals surface area contributed by atoms with Gasteiger partial charge < -0.3 is 9.84 Å². The van der Waals surface area contributed by atoms with Gasteiger partial charge in [-0.05, 0) is 32.3 Å². The minimum absolute atomic E-state index is 0.263. The number of hydrogen-bond acceptors (Lipinski definition) is 2. The molecule has 0 radical (unpaired) electrons. The van der Waals surface area contributed by atoms with E-state index >= 15 is 0 Å². The van der Waals surface area contributed by atoms with Crippen molar-refractivity contribution < 1.29 is 9.84 Å². The summed E-state index contributed by atoms with van der Waals surface area (Å²) < 4.78 is 6.07. The Morgan fingerprint density at radius 2 is 1.56 bits per heavy atom. The number of hydrogen-bond donors (Lipinski definition) is 1. The minimum Gasteiger partial charge on any atom is -0.386 e. The third-order valence-corrected chi connectivity index (χ3v) is 4.73. The summed E-state index contributed by atoms with van der Waals surface area (Å²) in [6, 6.07) is 10.2. The molecule has 0 aromatic heterocycles. The molecule has 1 atom stereocenters. The molecule has 1 aromatic carbocycles. The first-order valence-corrected chi connectivity index (χ1v) is 7.00. The molecule has 2 aliphatic rings. The van der Waals surface area contributed by atoms with Crippen molar-refractivity contribution in [3.8, 4) is 0 Å². The average molecular weight is 246 g/mol. The van der Waals surface area contributed by atoms with E-state index in [1.54, 1.807) is 0 Å². The molecule has 0 bridgehead atoms. The maximum atomic E-state index is 11.1. The number of ether oxygens (including phenoxy) is 1. The number of rotatable bonds is 2.